The number of carbonyl (C=O) groups is 1. The number of nitrogens with two attached hydrogens (primary N) is 1. The maximum absolute atomic E-state index is 12.7. The Morgan fingerprint density at radius 1 is 1.19 bits per heavy atom. The quantitative estimate of drug-likeness (QED) is 0.677. The molecule has 3 nitrogen and oxygen atoms in total. The fourth-order valence-corrected chi connectivity index (χ4v) is 2.56. The molecule has 1 aromatic carbocycles. The molecule has 0 spiro atoms. The molecule has 1 aliphatic carbocycles. The van der Waals surface area contributed by atoms with Crippen molar-refractivity contribution in [2.75, 3.05) is 12.3 Å². The van der Waals surface area contributed by atoms with Crippen molar-refractivity contribution in [3.05, 3.63) is 29.3 Å². The number of halogens is 3. The standard InChI is InChI=1S/C15H18F3NO2/c16-15(17,18)12-6-11(7-13(19)8-12)14(20)21-9-10-4-2-1-3-5-10/h6-8,10H,1-5,9,19H2. The van der Waals surface area contributed by atoms with Gasteiger partial charge in [0.2, 0.25) is 0 Å². The van der Waals surface area contributed by atoms with Gasteiger partial charge >= 0.3 is 12.1 Å². The number of rotatable bonds is 3. The lowest BCUT2D eigenvalue weighted by atomic mass is 9.90. The summed E-state index contributed by atoms with van der Waals surface area (Å²) in [5.74, 6) is -0.441. The highest BCUT2D eigenvalue weighted by Gasteiger charge is 2.31. The van der Waals surface area contributed by atoms with E-state index in [0.29, 0.717) is 5.92 Å². The number of nitrogen functional groups attached to an aromatic ring is 1. The van der Waals surface area contributed by atoms with Crippen molar-refractivity contribution < 1.29 is 22.7 Å². The van der Waals surface area contributed by atoms with Gasteiger partial charge in [0.05, 0.1) is 17.7 Å². The largest absolute Gasteiger partial charge is 0.462 e. The minimum atomic E-state index is -4.53. The van der Waals surface area contributed by atoms with Crippen molar-refractivity contribution in [3.8, 4) is 0 Å². The van der Waals surface area contributed by atoms with Gasteiger partial charge in [-0.05, 0) is 37.0 Å². The van der Waals surface area contributed by atoms with Crippen LogP contribution in [0.2, 0.25) is 0 Å². The number of hydrogen-bond acceptors (Lipinski definition) is 3. The Morgan fingerprint density at radius 3 is 2.48 bits per heavy atom. The summed E-state index contributed by atoms with van der Waals surface area (Å²) in [6.07, 6.45) is 0.871. The SMILES string of the molecule is Nc1cc(C(=O)OCC2CCCCC2)cc(C(F)(F)F)c1. The highest BCUT2D eigenvalue weighted by atomic mass is 19.4. The van der Waals surface area contributed by atoms with E-state index in [1.54, 1.807) is 0 Å². The molecule has 0 unspecified atom stereocenters. The van der Waals surface area contributed by atoms with Gasteiger partial charge in [-0.3, -0.25) is 0 Å². The van der Waals surface area contributed by atoms with Crippen molar-refractivity contribution in [2.45, 2.75) is 38.3 Å². The molecule has 1 aromatic rings. The molecule has 0 saturated heterocycles. The first-order valence-corrected chi connectivity index (χ1v) is 7.01. The number of hydrogen-bond donors (Lipinski definition) is 1. The van der Waals surface area contributed by atoms with E-state index in [-0.39, 0.29) is 17.9 Å². The Balaban J connectivity index is 2.03. The zero-order valence-electron chi connectivity index (χ0n) is 11.6. The lowest BCUT2D eigenvalue weighted by Crippen LogP contribution is -2.17. The molecule has 1 saturated carbocycles. The average molecular weight is 301 g/mol. The zero-order valence-corrected chi connectivity index (χ0v) is 11.6. The minimum absolute atomic E-state index is 0.102. The number of benzene rings is 1. The second-order valence-corrected chi connectivity index (χ2v) is 5.44. The van der Waals surface area contributed by atoms with E-state index in [0.717, 1.165) is 37.8 Å². The number of esters is 1. The molecular formula is C15H18F3NO2. The molecule has 0 atom stereocenters. The van der Waals surface area contributed by atoms with Crippen molar-refractivity contribution in [3.63, 3.8) is 0 Å². The number of anilines is 1. The van der Waals surface area contributed by atoms with Crippen LogP contribution in [0.15, 0.2) is 18.2 Å². The van der Waals surface area contributed by atoms with E-state index in [4.69, 9.17) is 10.5 Å². The van der Waals surface area contributed by atoms with Crippen LogP contribution in [0, 0.1) is 5.92 Å². The van der Waals surface area contributed by atoms with E-state index in [2.05, 4.69) is 0 Å². The smallest absolute Gasteiger partial charge is 0.416 e. The van der Waals surface area contributed by atoms with Gasteiger partial charge in [-0.2, -0.15) is 13.2 Å². The molecule has 0 radical (unpaired) electrons. The molecule has 2 rings (SSSR count). The summed E-state index contributed by atoms with van der Waals surface area (Å²) in [4.78, 5) is 11.9. The van der Waals surface area contributed by atoms with Crippen molar-refractivity contribution in [1.29, 1.82) is 0 Å². The Morgan fingerprint density at radius 2 is 1.86 bits per heavy atom. The molecule has 0 bridgehead atoms. The van der Waals surface area contributed by atoms with Crippen molar-refractivity contribution in [2.24, 2.45) is 5.92 Å². The summed E-state index contributed by atoms with van der Waals surface area (Å²) in [5.41, 5.74) is 4.23. The Hall–Kier alpha value is -1.72. The monoisotopic (exact) mass is 301 g/mol. The molecular weight excluding hydrogens is 283 g/mol. The van der Waals surface area contributed by atoms with Gasteiger partial charge < -0.3 is 10.5 Å². The lowest BCUT2D eigenvalue weighted by Gasteiger charge is -2.21. The normalized spacial score (nSPS) is 16.7. The van der Waals surface area contributed by atoms with Gasteiger partial charge in [-0.1, -0.05) is 19.3 Å². The second-order valence-electron chi connectivity index (χ2n) is 5.44. The Bertz CT molecular complexity index is 508. The third-order valence-electron chi connectivity index (χ3n) is 3.69. The summed E-state index contributed by atoms with van der Waals surface area (Å²) >= 11 is 0. The van der Waals surface area contributed by atoms with Crippen LogP contribution in [-0.4, -0.2) is 12.6 Å². The van der Waals surface area contributed by atoms with Crippen molar-refractivity contribution >= 4 is 11.7 Å². The third kappa shape index (κ3) is 4.37. The molecule has 0 aromatic heterocycles. The van der Waals surface area contributed by atoms with E-state index in [9.17, 15) is 18.0 Å². The van der Waals surface area contributed by atoms with Gasteiger partial charge in [0.15, 0.2) is 0 Å². The predicted octanol–water partition coefficient (Wildman–Crippen LogP) is 4.02. The molecule has 21 heavy (non-hydrogen) atoms. The number of carbonyl (C=O) groups excluding carboxylic acids is 1. The summed E-state index contributed by atoms with van der Waals surface area (Å²) in [6.45, 7) is 0.259. The molecule has 2 N–H and O–H groups in total. The molecule has 0 aliphatic heterocycles. The van der Waals surface area contributed by atoms with E-state index in [1.807, 2.05) is 0 Å². The predicted molar refractivity (Wildman–Crippen MR) is 72.7 cm³/mol. The van der Waals surface area contributed by atoms with Gasteiger partial charge in [-0.25, -0.2) is 4.79 Å². The average Bonchev–Trinajstić information content (AvgIpc) is 2.44. The molecule has 0 heterocycles. The van der Waals surface area contributed by atoms with Crippen LogP contribution in [-0.2, 0) is 10.9 Å². The summed E-state index contributed by atoms with van der Waals surface area (Å²) in [5, 5.41) is 0. The van der Waals surface area contributed by atoms with Crippen LogP contribution < -0.4 is 5.73 Å². The highest BCUT2D eigenvalue weighted by Crippen LogP contribution is 2.31. The van der Waals surface area contributed by atoms with E-state index in [1.165, 1.54) is 12.5 Å². The Labute approximate surface area is 121 Å². The van der Waals surface area contributed by atoms with Gasteiger partial charge in [0, 0.05) is 5.69 Å². The topological polar surface area (TPSA) is 52.3 Å². The van der Waals surface area contributed by atoms with E-state index < -0.39 is 17.7 Å². The third-order valence-corrected chi connectivity index (χ3v) is 3.69. The van der Waals surface area contributed by atoms with Crippen LogP contribution in [0.4, 0.5) is 18.9 Å². The minimum Gasteiger partial charge on any atom is -0.462 e. The summed E-state index contributed by atoms with van der Waals surface area (Å²) in [7, 11) is 0. The fraction of sp³-hybridized carbons (Fsp3) is 0.533. The van der Waals surface area contributed by atoms with Crippen LogP contribution in [0.3, 0.4) is 0 Å². The number of ether oxygens (including phenoxy) is 1. The second kappa shape index (κ2) is 6.37. The number of alkyl halides is 3. The van der Waals surface area contributed by atoms with Gasteiger partial charge in [-0.15, -0.1) is 0 Å². The Kier molecular flexibility index (Phi) is 4.75. The molecule has 6 heteroatoms. The fourth-order valence-electron chi connectivity index (χ4n) is 2.56. The summed E-state index contributed by atoms with van der Waals surface area (Å²) in [6, 6.07) is 2.79. The molecule has 0 amide bonds. The van der Waals surface area contributed by atoms with Gasteiger partial charge in [0.25, 0.3) is 0 Å². The molecule has 116 valence electrons. The molecule has 1 fully saturated rings. The highest BCUT2D eigenvalue weighted by molar-refractivity contribution is 5.90. The molecule has 1 aliphatic rings. The van der Waals surface area contributed by atoms with E-state index >= 15 is 0 Å². The zero-order chi connectivity index (χ0) is 15.5. The first-order chi connectivity index (χ1) is 9.86. The van der Waals surface area contributed by atoms with Crippen LogP contribution >= 0.6 is 0 Å². The van der Waals surface area contributed by atoms with Gasteiger partial charge in [0.1, 0.15) is 0 Å². The van der Waals surface area contributed by atoms with Crippen molar-refractivity contribution in [1.82, 2.24) is 0 Å². The maximum atomic E-state index is 12.7. The van der Waals surface area contributed by atoms with Crippen LogP contribution in [0.25, 0.3) is 0 Å². The first-order valence-electron chi connectivity index (χ1n) is 7.01. The lowest BCUT2D eigenvalue weighted by molar-refractivity contribution is -0.137. The van der Waals surface area contributed by atoms with Crippen LogP contribution in [0.5, 0.6) is 0 Å². The summed E-state index contributed by atoms with van der Waals surface area (Å²) < 4.78 is 43.2. The first kappa shape index (κ1) is 15.7. The maximum Gasteiger partial charge on any atom is 0.416 e. The van der Waals surface area contributed by atoms with Crippen LogP contribution in [0.1, 0.15) is 48.0 Å².